The normalized spacial score (nSPS) is 23.9. The van der Waals surface area contributed by atoms with Gasteiger partial charge in [-0.1, -0.05) is 0 Å². The number of rotatable bonds is 7. The topological polar surface area (TPSA) is 170 Å². The molecule has 2 saturated heterocycles. The monoisotopic (exact) mass is 398 g/mol. The molecule has 4 unspecified atom stereocenters. The lowest BCUT2D eigenvalue weighted by atomic mass is 10.1. The maximum absolute atomic E-state index is 12.8. The second-order valence-electron chi connectivity index (χ2n) is 7.17. The molecule has 0 aliphatic carbocycles. The molecule has 0 aromatic heterocycles. The number of nitrogens with one attached hydrogen (secondary N) is 1. The van der Waals surface area contributed by atoms with Gasteiger partial charge in [0.1, 0.15) is 18.1 Å². The predicted molar refractivity (Wildman–Crippen MR) is 94.9 cm³/mol. The first kappa shape index (κ1) is 21.6. The minimum absolute atomic E-state index is 0.181. The highest BCUT2D eigenvalue weighted by molar-refractivity contribution is 5.96. The van der Waals surface area contributed by atoms with Crippen molar-refractivity contribution in [2.24, 2.45) is 5.73 Å². The van der Waals surface area contributed by atoms with Gasteiger partial charge in [-0.25, -0.2) is 4.79 Å². The summed E-state index contributed by atoms with van der Waals surface area (Å²) < 4.78 is 0. The Morgan fingerprint density at radius 1 is 1.00 bits per heavy atom. The lowest BCUT2D eigenvalue weighted by molar-refractivity contribution is -0.151. The van der Waals surface area contributed by atoms with Crippen molar-refractivity contribution in [2.75, 3.05) is 13.1 Å². The van der Waals surface area contributed by atoms with Crippen LogP contribution in [0.5, 0.6) is 0 Å². The number of hydrogen-bond donors (Lipinski definition) is 4. The Kier molecular flexibility index (Phi) is 6.95. The number of amides is 3. The van der Waals surface area contributed by atoms with E-state index < -0.39 is 60.2 Å². The fourth-order valence-electron chi connectivity index (χ4n) is 3.69. The highest BCUT2D eigenvalue weighted by Gasteiger charge is 2.41. The number of nitrogens with two attached hydrogens (primary N) is 1. The van der Waals surface area contributed by atoms with Gasteiger partial charge in [0.15, 0.2) is 0 Å². The van der Waals surface area contributed by atoms with Crippen molar-refractivity contribution in [1.82, 2.24) is 15.1 Å². The van der Waals surface area contributed by atoms with Gasteiger partial charge in [-0.2, -0.15) is 0 Å². The minimum Gasteiger partial charge on any atom is -0.481 e. The van der Waals surface area contributed by atoms with Crippen molar-refractivity contribution >= 4 is 29.7 Å². The Balaban J connectivity index is 2.14. The molecule has 11 heteroatoms. The third-order valence-electron chi connectivity index (χ3n) is 5.04. The zero-order valence-electron chi connectivity index (χ0n) is 15.7. The average Bonchev–Trinajstić information content (AvgIpc) is 3.28. The maximum atomic E-state index is 12.8. The summed E-state index contributed by atoms with van der Waals surface area (Å²) in [4.78, 5) is 62.5. The van der Waals surface area contributed by atoms with Gasteiger partial charge in [0, 0.05) is 13.1 Å². The molecule has 0 aromatic carbocycles. The fourth-order valence-corrected chi connectivity index (χ4v) is 3.69. The Labute approximate surface area is 161 Å². The molecular formula is C17H26N4O7. The van der Waals surface area contributed by atoms with Gasteiger partial charge < -0.3 is 31.1 Å². The summed E-state index contributed by atoms with van der Waals surface area (Å²) in [6.07, 6.45) is 1.03. The van der Waals surface area contributed by atoms with E-state index in [-0.39, 0.29) is 13.0 Å². The molecule has 2 fully saturated rings. The van der Waals surface area contributed by atoms with E-state index in [2.05, 4.69) is 5.32 Å². The fraction of sp³-hybridized carbons (Fsp3) is 0.706. The summed E-state index contributed by atoms with van der Waals surface area (Å²) in [6.45, 7) is 2.04. The van der Waals surface area contributed by atoms with Gasteiger partial charge >= 0.3 is 11.9 Å². The van der Waals surface area contributed by atoms with Crippen molar-refractivity contribution in [3.8, 4) is 0 Å². The first-order valence-electron chi connectivity index (χ1n) is 9.25. The van der Waals surface area contributed by atoms with Crippen molar-refractivity contribution < 1.29 is 34.2 Å². The van der Waals surface area contributed by atoms with Crippen LogP contribution < -0.4 is 11.1 Å². The van der Waals surface area contributed by atoms with Crippen LogP contribution in [-0.4, -0.2) is 86.9 Å². The van der Waals surface area contributed by atoms with Crippen LogP contribution in [0.15, 0.2) is 0 Å². The maximum Gasteiger partial charge on any atom is 0.326 e. The number of carboxylic acid groups (broad SMARTS) is 2. The van der Waals surface area contributed by atoms with Gasteiger partial charge in [-0.3, -0.25) is 19.2 Å². The number of carbonyl (C=O) groups excluding carboxylic acids is 3. The zero-order chi connectivity index (χ0) is 21.0. The van der Waals surface area contributed by atoms with Crippen LogP contribution in [-0.2, 0) is 24.0 Å². The second kappa shape index (κ2) is 9.00. The Hall–Kier alpha value is -2.69. The highest BCUT2D eigenvalue weighted by Crippen LogP contribution is 2.21. The molecule has 2 aliphatic rings. The van der Waals surface area contributed by atoms with Gasteiger partial charge in [0.25, 0.3) is 0 Å². The lowest BCUT2D eigenvalue weighted by Gasteiger charge is -2.29. The number of carbonyl (C=O) groups is 5. The molecule has 5 N–H and O–H groups in total. The van der Waals surface area contributed by atoms with E-state index >= 15 is 0 Å². The van der Waals surface area contributed by atoms with Crippen molar-refractivity contribution in [3.63, 3.8) is 0 Å². The molecule has 156 valence electrons. The summed E-state index contributed by atoms with van der Waals surface area (Å²) in [5.41, 5.74) is 5.60. The van der Waals surface area contributed by atoms with E-state index in [4.69, 9.17) is 10.8 Å². The molecular weight excluding hydrogens is 372 g/mol. The number of hydrogen-bond acceptors (Lipinski definition) is 6. The van der Waals surface area contributed by atoms with Crippen molar-refractivity contribution in [2.45, 2.75) is 63.2 Å². The molecule has 2 aliphatic heterocycles. The molecule has 0 bridgehead atoms. The molecule has 3 amide bonds. The zero-order valence-corrected chi connectivity index (χ0v) is 15.7. The third-order valence-corrected chi connectivity index (χ3v) is 5.04. The van der Waals surface area contributed by atoms with Gasteiger partial charge in [0.2, 0.25) is 17.7 Å². The number of aliphatic carboxylic acids is 2. The van der Waals surface area contributed by atoms with Gasteiger partial charge in [-0.15, -0.1) is 0 Å². The SMILES string of the molecule is CC(N)C(=O)N1CCCC1C(=O)NC(CC(=O)O)C(=O)N1CCCC1C(=O)O. The van der Waals surface area contributed by atoms with Crippen LogP contribution in [0.4, 0.5) is 0 Å². The molecule has 0 saturated carbocycles. The van der Waals surface area contributed by atoms with E-state index in [0.29, 0.717) is 25.8 Å². The first-order valence-corrected chi connectivity index (χ1v) is 9.25. The average molecular weight is 398 g/mol. The van der Waals surface area contributed by atoms with Crippen LogP contribution in [0, 0.1) is 0 Å². The number of likely N-dealkylation sites (tertiary alicyclic amines) is 2. The van der Waals surface area contributed by atoms with E-state index in [1.807, 2.05) is 0 Å². The predicted octanol–water partition coefficient (Wildman–Crippen LogP) is -1.64. The molecule has 0 radical (unpaired) electrons. The quantitative estimate of drug-likeness (QED) is 0.395. The first-order chi connectivity index (χ1) is 13.1. The van der Waals surface area contributed by atoms with E-state index in [1.165, 1.54) is 11.8 Å². The number of carboxylic acids is 2. The van der Waals surface area contributed by atoms with Crippen molar-refractivity contribution in [3.05, 3.63) is 0 Å². The standard InChI is InChI=1S/C17H26N4O7/c1-9(18)15(25)20-6-2-4-11(20)14(24)19-10(8-13(22)23)16(26)21-7-3-5-12(21)17(27)28/h9-12H,2-8,18H2,1H3,(H,19,24)(H,22,23)(H,27,28). The largest absolute Gasteiger partial charge is 0.481 e. The minimum atomic E-state index is -1.40. The van der Waals surface area contributed by atoms with E-state index in [1.54, 1.807) is 0 Å². The smallest absolute Gasteiger partial charge is 0.326 e. The lowest BCUT2D eigenvalue weighted by Crippen LogP contribution is -2.56. The van der Waals surface area contributed by atoms with Gasteiger partial charge in [-0.05, 0) is 32.6 Å². The molecule has 11 nitrogen and oxygen atoms in total. The van der Waals surface area contributed by atoms with Crippen LogP contribution in [0.25, 0.3) is 0 Å². The summed E-state index contributed by atoms with van der Waals surface area (Å²) in [5, 5.41) is 20.8. The molecule has 28 heavy (non-hydrogen) atoms. The van der Waals surface area contributed by atoms with E-state index in [0.717, 1.165) is 4.90 Å². The molecule has 0 aromatic rings. The van der Waals surface area contributed by atoms with Crippen LogP contribution in [0.3, 0.4) is 0 Å². The highest BCUT2D eigenvalue weighted by atomic mass is 16.4. The Morgan fingerprint density at radius 2 is 1.54 bits per heavy atom. The van der Waals surface area contributed by atoms with Crippen LogP contribution in [0.2, 0.25) is 0 Å². The number of nitrogens with zero attached hydrogens (tertiary/aromatic N) is 2. The second-order valence-corrected chi connectivity index (χ2v) is 7.17. The molecule has 0 spiro atoms. The Bertz CT molecular complexity index is 666. The summed E-state index contributed by atoms with van der Waals surface area (Å²) in [7, 11) is 0. The molecule has 2 heterocycles. The van der Waals surface area contributed by atoms with Gasteiger partial charge in [0.05, 0.1) is 12.5 Å². The summed E-state index contributed by atoms with van der Waals surface area (Å²) in [6, 6.07) is -4.07. The van der Waals surface area contributed by atoms with Crippen LogP contribution in [0.1, 0.15) is 39.0 Å². The Morgan fingerprint density at radius 3 is 2.04 bits per heavy atom. The third kappa shape index (κ3) is 4.77. The van der Waals surface area contributed by atoms with Crippen molar-refractivity contribution in [1.29, 1.82) is 0 Å². The molecule has 2 rings (SSSR count). The summed E-state index contributed by atoms with van der Waals surface area (Å²) >= 11 is 0. The van der Waals surface area contributed by atoms with E-state index in [9.17, 15) is 29.1 Å². The van der Waals surface area contributed by atoms with Crippen LogP contribution >= 0.6 is 0 Å². The summed E-state index contributed by atoms with van der Waals surface area (Å²) in [5.74, 6) is -4.26. The molecule has 4 atom stereocenters.